The van der Waals surface area contributed by atoms with Gasteiger partial charge in [-0.15, -0.1) is 0 Å². The Bertz CT molecular complexity index is 107. The van der Waals surface area contributed by atoms with Gasteiger partial charge in [-0.05, 0) is 24.2 Å². The van der Waals surface area contributed by atoms with Crippen molar-refractivity contribution in [2.75, 3.05) is 0 Å². The van der Waals surface area contributed by atoms with E-state index in [9.17, 15) is 5.11 Å². The van der Waals surface area contributed by atoms with E-state index < -0.39 is 0 Å². The van der Waals surface area contributed by atoms with Gasteiger partial charge < -0.3 is 5.11 Å². The van der Waals surface area contributed by atoms with Crippen LogP contribution in [0.3, 0.4) is 0 Å². The molecule has 2 atom stereocenters. The fourth-order valence-electron chi connectivity index (χ4n) is 1.68. The van der Waals surface area contributed by atoms with Crippen molar-refractivity contribution >= 4 is 0 Å². The Balaban J connectivity index is 2.62. The topological polar surface area (TPSA) is 20.2 Å². The molecule has 0 amide bonds. The molecule has 2 unspecified atom stereocenters. The van der Waals surface area contributed by atoms with Crippen molar-refractivity contribution in [2.45, 2.75) is 39.7 Å². The minimum atomic E-state index is -0.0718. The average molecular weight is 128 g/mol. The summed E-state index contributed by atoms with van der Waals surface area (Å²) >= 11 is 0. The molecule has 0 saturated heterocycles. The summed E-state index contributed by atoms with van der Waals surface area (Å²) in [6, 6.07) is 0. The molecule has 0 aliphatic heterocycles. The Morgan fingerprint density at radius 3 is 2.11 bits per heavy atom. The molecule has 54 valence electrons. The molecule has 9 heavy (non-hydrogen) atoms. The summed E-state index contributed by atoms with van der Waals surface area (Å²) in [7, 11) is 0. The average Bonchev–Trinajstić information content (AvgIpc) is 1.97. The summed E-state index contributed by atoms with van der Waals surface area (Å²) in [6.07, 6.45) is 2.29. The Morgan fingerprint density at radius 2 is 2.00 bits per heavy atom. The molecule has 1 heteroatoms. The van der Waals surface area contributed by atoms with Crippen molar-refractivity contribution in [3.05, 3.63) is 0 Å². The molecule has 1 nitrogen and oxygen atoms in total. The lowest BCUT2D eigenvalue weighted by Gasteiger charge is -2.23. The van der Waals surface area contributed by atoms with E-state index in [1.165, 1.54) is 12.8 Å². The third-order valence-corrected chi connectivity index (χ3v) is 2.58. The van der Waals surface area contributed by atoms with Crippen LogP contribution in [0.5, 0.6) is 0 Å². The van der Waals surface area contributed by atoms with Crippen LogP contribution in [0.25, 0.3) is 0 Å². The van der Waals surface area contributed by atoms with Crippen LogP contribution in [-0.2, 0) is 0 Å². The highest BCUT2D eigenvalue weighted by Gasteiger charge is 2.37. The maximum Gasteiger partial charge on any atom is 0.0616 e. The predicted molar refractivity (Wildman–Crippen MR) is 38.2 cm³/mol. The van der Waals surface area contributed by atoms with Crippen molar-refractivity contribution in [1.82, 2.24) is 0 Å². The fraction of sp³-hybridized carbons (Fsp3) is 1.00. The lowest BCUT2D eigenvalue weighted by Crippen LogP contribution is -2.26. The number of rotatable bonds is 0. The van der Waals surface area contributed by atoms with Gasteiger partial charge in [0.05, 0.1) is 6.10 Å². The summed E-state index contributed by atoms with van der Waals surface area (Å²) in [5.41, 5.74) is 0.180. The zero-order chi connectivity index (χ0) is 7.07. The van der Waals surface area contributed by atoms with Crippen molar-refractivity contribution in [3.63, 3.8) is 0 Å². The van der Waals surface area contributed by atoms with Crippen LogP contribution in [0.1, 0.15) is 33.6 Å². The summed E-state index contributed by atoms with van der Waals surface area (Å²) in [5, 5.41) is 9.53. The highest BCUT2D eigenvalue weighted by molar-refractivity contribution is 4.88. The number of hydrogen-bond acceptors (Lipinski definition) is 1. The van der Waals surface area contributed by atoms with Crippen LogP contribution in [0.4, 0.5) is 0 Å². The van der Waals surface area contributed by atoms with Crippen LogP contribution in [0.15, 0.2) is 0 Å². The highest BCUT2D eigenvalue weighted by atomic mass is 16.3. The summed E-state index contributed by atoms with van der Waals surface area (Å²) in [4.78, 5) is 0. The molecule has 0 aromatic carbocycles. The summed E-state index contributed by atoms with van der Waals surface area (Å²) in [5.74, 6) is 0.514. The van der Waals surface area contributed by atoms with Gasteiger partial charge in [-0.25, -0.2) is 0 Å². The van der Waals surface area contributed by atoms with Crippen LogP contribution < -0.4 is 0 Å². The maximum atomic E-state index is 9.53. The normalized spacial score (nSPS) is 41.3. The first-order chi connectivity index (χ1) is 4.04. The lowest BCUT2D eigenvalue weighted by atomic mass is 9.88. The van der Waals surface area contributed by atoms with E-state index in [0.717, 1.165) is 0 Å². The van der Waals surface area contributed by atoms with Gasteiger partial charge in [0.1, 0.15) is 0 Å². The first kappa shape index (κ1) is 7.07. The number of hydrogen-bond donors (Lipinski definition) is 1. The van der Waals surface area contributed by atoms with E-state index in [0.29, 0.717) is 5.92 Å². The predicted octanol–water partition coefficient (Wildman–Crippen LogP) is 1.80. The molecule has 1 saturated carbocycles. The first-order valence-electron chi connectivity index (χ1n) is 3.72. The fourth-order valence-corrected chi connectivity index (χ4v) is 1.68. The van der Waals surface area contributed by atoms with Crippen molar-refractivity contribution in [1.29, 1.82) is 0 Å². The van der Waals surface area contributed by atoms with Gasteiger partial charge in [0.2, 0.25) is 0 Å². The molecule has 0 aromatic heterocycles. The van der Waals surface area contributed by atoms with E-state index >= 15 is 0 Å². The molecule has 1 aliphatic rings. The molecular weight excluding hydrogens is 112 g/mol. The molecular formula is C8H16O. The number of aliphatic hydroxyl groups excluding tert-OH is 1. The SMILES string of the molecule is CC1CCC(C)(C)C1O. The van der Waals surface area contributed by atoms with Gasteiger partial charge in [0.15, 0.2) is 0 Å². The van der Waals surface area contributed by atoms with Crippen LogP contribution >= 0.6 is 0 Å². The molecule has 1 aliphatic carbocycles. The lowest BCUT2D eigenvalue weighted by molar-refractivity contribution is 0.0516. The molecule has 0 spiro atoms. The Hall–Kier alpha value is -0.0400. The third kappa shape index (κ3) is 1.11. The maximum absolute atomic E-state index is 9.53. The standard InChI is InChI=1S/C8H16O/c1-6-4-5-8(2,3)7(6)9/h6-7,9H,4-5H2,1-3H3. The second kappa shape index (κ2) is 1.98. The molecule has 0 aromatic rings. The number of aliphatic hydroxyl groups is 1. The highest BCUT2D eigenvalue weighted by Crippen LogP contribution is 2.40. The molecule has 0 radical (unpaired) electrons. The molecule has 1 N–H and O–H groups in total. The minimum Gasteiger partial charge on any atom is -0.392 e. The second-order valence-corrected chi connectivity index (χ2v) is 3.95. The quantitative estimate of drug-likeness (QED) is 0.527. The van der Waals surface area contributed by atoms with E-state index in [4.69, 9.17) is 0 Å². The van der Waals surface area contributed by atoms with E-state index in [-0.39, 0.29) is 11.5 Å². The molecule has 1 fully saturated rings. The monoisotopic (exact) mass is 128 g/mol. The van der Waals surface area contributed by atoms with Crippen molar-refractivity contribution in [3.8, 4) is 0 Å². The summed E-state index contributed by atoms with van der Waals surface area (Å²) < 4.78 is 0. The van der Waals surface area contributed by atoms with Gasteiger partial charge in [-0.3, -0.25) is 0 Å². The van der Waals surface area contributed by atoms with Gasteiger partial charge in [-0.1, -0.05) is 20.8 Å². The molecule has 0 heterocycles. The third-order valence-electron chi connectivity index (χ3n) is 2.58. The zero-order valence-electron chi connectivity index (χ0n) is 6.52. The van der Waals surface area contributed by atoms with Gasteiger partial charge in [0.25, 0.3) is 0 Å². The van der Waals surface area contributed by atoms with Crippen LogP contribution in [0, 0.1) is 11.3 Å². The van der Waals surface area contributed by atoms with Gasteiger partial charge >= 0.3 is 0 Å². The Kier molecular flexibility index (Phi) is 1.55. The van der Waals surface area contributed by atoms with Crippen molar-refractivity contribution < 1.29 is 5.11 Å². The smallest absolute Gasteiger partial charge is 0.0616 e. The van der Waals surface area contributed by atoms with Crippen LogP contribution in [0.2, 0.25) is 0 Å². The van der Waals surface area contributed by atoms with Gasteiger partial charge in [-0.2, -0.15) is 0 Å². The summed E-state index contributed by atoms with van der Waals surface area (Å²) in [6.45, 7) is 6.40. The molecule has 0 bridgehead atoms. The van der Waals surface area contributed by atoms with E-state index in [1.807, 2.05) is 0 Å². The van der Waals surface area contributed by atoms with Gasteiger partial charge in [0, 0.05) is 0 Å². The Morgan fingerprint density at radius 1 is 1.44 bits per heavy atom. The Labute approximate surface area is 57.1 Å². The van der Waals surface area contributed by atoms with Crippen molar-refractivity contribution in [2.24, 2.45) is 11.3 Å². The zero-order valence-corrected chi connectivity index (χ0v) is 6.52. The first-order valence-corrected chi connectivity index (χ1v) is 3.72. The minimum absolute atomic E-state index is 0.0718. The molecule has 1 rings (SSSR count). The second-order valence-electron chi connectivity index (χ2n) is 3.95. The van der Waals surface area contributed by atoms with Crippen LogP contribution in [-0.4, -0.2) is 11.2 Å². The van der Waals surface area contributed by atoms with E-state index in [2.05, 4.69) is 20.8 Å². The largest absolute Gasteiger partial charge is 0.392 e. The van der Waals surface area contributed by atoms with E-state index in [1.54, 1.807) is 0 Å².